The van der Waals surface area contributed by atoms with Crippen molar-refractivity contribution in [3.05, 3.63) is 0 Å². The number of nitrogens with two attached hydrogens (primary N) is 1. The van der Waals surface area contributed by atoms with Gasteiger partial charge in [-0.2, -0.15) is 0 Å². The molecule has 0 saturated carbocycles. The molecule has 1 aliphatic rings. The molecule has 2 atom stereocenters. The number of hydrogen-bond donors (Lipinski definition) is 1. The summed E-state index contributed by atoms with van der Waals surface area (Å²) in [5.41, 5.74) is 5.37. The minimum Gasteiger partial charge on any atom is -0.371 e. The predicted molar refractivity (Wildman–Crippen MR) is 23.4 cm³/mol. The van der Waals surface area contributed by atoms with E-state index in [1.165, 1.54) is 0 Å². The van der Waals surface area contributed by atoms with Crippen molar-refractivity contribution in [2.45, 2.75) is 19.1 Å². The van der Waals surface area contributed by atoms with Crippen LogP contribution in [0.2, 0.25) is 0 Å². The minimum atomic E-state index is 0.241. The van der Waals surface area contributed by atoms with Crippen LogP contribution in [0.4, 0.5) is 0 Å². The van der Waals surface area contributed by atoms with Crippen LogP contribution in [0.1, 0.15) is 6.92 Å². The van der Waals surface area contributed by atoms with Crippen LogP contribution in [0.3, 0.4) is 0 Å². The first-order valence-electron chi connectivity index (χ1n) is 2.18. The van der Waals surface area contributed by atoms with Gasteiger partial charge in [0.1, 0.15) is 0 Å². The smallest absolute Gasteiger partial charge is 0.0957 e. The monoisotopic (exact) mass is 87.1 g/mol. The normalized spacial score (nSPS) is 36.0. The zero-order chi connectivity index (χ0) is 4.57. The van der Waals surface area contributed by atoms with E-state index in [2.05, 4.69) is 0 Å². The molecule has 1 rings (SSSR count). The summed E-state index contributed by atoms with van der Waals surface area (Å²) in [4.78, 5) is 0. The third-order valence-corrected chi connectivity index (χ3v) is 0.946. The molecule has 6 heavy (non-hydrogen) atoms. The summed E-state index contributed by atoms with van der Waals surface area (Å²) in [7, 11) is 0. The molecule has 0 aromatic rings. The highest BCUT2D eigenvalue weighted by molar-refractivity contribution is 4.77. The van der Waals surface area contributed by atoms with Crippen LogP contribution in [-0.4, -0.2) is 18.8 Å². The first-order chi connectivity index (χ1) is 2.80. The summed E-state index contributed by atoms with van der Waals surface area (Å²) in [6.07, 6.45) is 0.380. The molecule has 0 aromatic heterocycles. The van der Waals surface area contributed by atoms with Gasteiger partial charge in [0.25, 0.3) is 0 Å². The molecular formula is C4H9NO. The molecule has 0 spiro atoms. The van der Waals surface area contributed by atoms with Crippen molar-refractivity contribution >= 4 is 0 Å². The fraction of sp³-hybridized carbons (Fsp3) is 1.00. The lowest BCUT2D eigenvalue weighted by molar-refractivity contribution is 0.382. The van der Waals surface area contributed by atoms with E-state index in [9.17, 15) is 0 Å². The van der Waals surface area contributed by atoms with Crippen LogP contribution in [0.25, 0.3) is 0 Å². The molecule has 36 valence electrons. The Bertz CT molecular complexity index is 49.5. The van der Waals surface area contributed by atoms with Crippen LogP contribution in [0.5, 0.6) is 0 Å². The molecule has 2 heteroatoms. The maximum absolute atomic E-state index is 5.37. The number of hydrogen-bond acceptors (Lipinski definition) is 2. The van der Waals surface area contributed by atoms with Crippen LogP contribution >= 0.6 is 0 Å². The largest absolute Gasteiger partial charge is 0.371 e. The van der Waals surface area contributed by atoms with Crippen LogP contribution in [0, 0.1) is 0 Å². The van der Waals surface area contributed by atoms with Gasteiger partial charge in [-0.15, -0.1) is 0 Å². The minimum absolute atomic E-state index is 0.241. The Labute approximate surface area is 37.3 Å². The van der Waals surface area contributed by atoms with Gasteiger partial charge in [0.15, 0.2) is 0 Å². The van der Waals surface area contributed by atoms with Gasteiger partial charge in [-0.25, -0.2) is 0 Å². The second-order valence-electron chi connectivity index (χ2n) is 1.73. The van der Waals surface area contributed by atoms with E-state index < -0.39 is 0 Å². The first kappa shape index (κ1) is 4.09. The van der Waals surface area contributed by atoms with Crippen molar-refractivity contribution < 1.29 is 4.74 Å². The lowest BCUT2D eigenvalue weighted by atomic mass is 10.3. The molecule has 1 fully saturated rings. The van der Waals surface area contributed by atoms with Gasteiger partial charge < -0.3 is 10.5 Å². The SMILES string of the molecule is C[C@H](N)[C@@H]1CO1. The van der Waals surface area contributed by atoms with Crippen molar-refractivity contribution in [2.75, 3.05) is 6.61 Å². The molecule has 0 radical (unpaired) electrons. The van der Waals surface area contributed by atoms with E-state index in [-0.39, 0.29) is 6.04 Å². The molecular weight excluding hydrogens is 78.0 g/mol. The third-order valence-electron chi connectivity index (χ3n) is 0.946. The Morgan fingerprint density at radius 3 is 2.50 bits per heavy atom. The van der Waals surface area contributed by atoms with Gasteiger partial charge in [0.05, 0.1) is 12.7 Å². The third kappa shape index (κ3) is 0.698. The van der Waals surface area contributed by atoms with Crippen molar-refractivity contribution in [3.8, 4) is 0 Å². The van der Waals surface area contributed by atoms with Crippen molar-refractivity contribution in [2.24, 2.45) is 5.73 Å². The first-order valence-corrected chi connectivity index (χ1v) is 2.18. The van der Waals surface area contributed by atoms with E-state index in [1.54, 1.807) is 0 Å². The average Bonchev–Trinajstić information content (AvgIpc) is 2.06. The zero-order valence-electron chi connectivity index (χ0n) is 3.85. The van der Waals surface area contributed by atoms with Crippen LogP contribution < -0.4 is 5.73 Å². The quantitative estimate of drug-likeness (QED) is 0.447. The molecule has 0 aromatic carbocycles. The molecule has 2 N–H and O–H groups in total. The van der Waals surface area contributed by atoms with Gasteiger partial charge >= 0.3 is 0 Å². The Morgan fingerprint density at radius 2 is 2.50 bits per heavy atom. The molecule has 1 heterocycles. The maximum Gasteiger partial charge on any atom is 0.0957 e. The van der Waals surface area contributed by atoms with Crippen LogP contribution in [-0.2, 0) is 4.74 Å². The summed E-state index contributed by atoms with van der Waals surface area (Å²) < 4.78 is 4.84. The van der Waals surface area contributed by atoms with Gasteiger partial charge in [-0.1, -0.05) is 0 Å². The standard InChI is InChI=1S/C4H9NO/c1-3(5)4-2-6-4/h3-4H,2,5H2,1H3/t3-,4-/m0/s1. The zero-order valence-corrected chi connectivity index (χ0v) is 3.85. The number of ether oxygens (including phenoxy) is 1. The average molecular weight is 87.1 g/mol. The summed E-state index contributed by atoms with van der Waals surface area (Å²) in [5, 5.41) is 0. The highest BCUT2D eigenvalue weighted by Crippen LogP contribution is 2.10. The number of rotatable bonds is 1. The highest BCUT2D eigenvalue weighted by atomic mass is 16.6. The van der Waals surface area contributed by atoms with Gasteiger partial charge in [-0.05, 0) is 6.92 Å². The van der Waals surface area contributed by atoms with Gasteiger partial charge in [0, 0.05) is 6.04 Å². The second-order valence-corrected chi connectivity index (χ2v) is 1.73. The highest BCUT2D eigenvalue weighted by Gasteiger charge is 2.25. The topological polar surface area (TPSA) is 38.5 Å². The Morgan fingerprint density at radius 1 is 2.00 bits per heavy atom. The molecule has 0 bridgehead atoms. The van der Waals surface area contributed by atoms with E-state index in [0.717, 1.165) is 6.61 Å². The Kier molecular flexibility index (Phi) is 0.821. The van der Waals surface area contributed by atoms with Gasteiger partial charge in [-0.3, -0.25) is 0 Å². The van der Waals surface area contributed by atoms with E-state index in [4.69, 9.17) is 10.5 Å². The van der Waals surface area contributed by atoms with E-state index in [1.807, 2.05) is 6.92 Å². The maximum atomic E-state index is 5.37. The number of epoxide rings is 1. The second kappa shape index (κ2) is 1.21. The van der Waals surface area contributed by atoms with Crippen LogP contribution in [0.15, 0.2) is 0 Å². The summed E-state index contributed by atoms with van der Waals surface area (Å²) in [5.74, 6) is 0. The summed E-state index contributed by atoms with van der Waals surface area (Å²) >= 11 is 0. The lowest BCUT2D eigenvalue weighted by Gasteiger charge is -1.92. The molecule has 1 saturated heterocycles. The molecule has 0 amide bonds. The van der Waals surface area contributed by atoms with Gasteiger partial charge in [0.2, 0.25) is 0 Å². The van der Waals surface area contributed by atoms with Crippen molar-refractivity contribution in [1.29, 1.82) is 0 Å². The molecule has 0 aliphatic carbocycles. The fourth-order valence-corrected chi connectivity index (χ4v) is 0.359. The van der Waals surface area contributed by atoms with E-state index >= 15 is 0 Å². The summed E-state index contributed by atoms with van der Waals surface area (Å²) in [6, 6.07) is 0.241. The predicted octanol–water partition coefficient (Wildman–Crippen LogP) is -0.268. The molecule has 1 aliphatic heterocycles. The fourth-order valence-electron chi connectivity index (χ4n) is 0.359. The Hall–Kier alpha value is -0.0800. The molecule has 2 nitrogen and oxygen atoms in total. The van der Waals surface area contributed by atoms with E-state index in [0.29, 0.717) is 6.10 Å². The van der Waals surface area contributed by atoms with Crippen molar-refractivity contribution in [3.63, 3.8) is 0 Å². The van der Waals surface area contributed by atoms with Crippen molar-refractivity contribution in [1.82, 2.24) is 0 Å². The lowest BCUT2D eigenvalue weighted by Crippen LogP contribution is -2.21. The molecule has 0 unspecified atom stereocenters. The Balaban J connectivity index is 2.13. The summed E-state index contributed by atoms with van der Waals surface area (Å²) in [6.45, 7) is 2.83.